The Kier molecular flexibility index (Phi) is 3.62. The number of benzene rings is 1. The summed E-state index contributed by atoms with van der Waals surface area (Å²) in [6, 6.07) is 9.01. The number of amides is 1. The van der Waals surface area contributed by atoms with Gasteiger partial charge < -0.3 is 19.7 Å². The summed E-state index contributed by atoms with van der Waals surface area (Å²) in [5.74, 6) is -1.11. The summed E-state index contributed by atoms with van der Waals surface area (Å²) in [6.07, 6.45) is -0.105. The number of carboxylic acids is 1. The SMILES string of the molecule is O=C(O)CC1COCCN1C(=O)c1cc2ccccc2[nH]1. The van der Waals surface area contributed by atoms with Crippen LogP contribution in [-0.2, 0) is 9.53 Å². The summed E-state index contributed by atoms with van der Waals surface area (Å²) in [5, 5.41) is 9.91. The van der Waals surface area contributed by atoms with Crippen molar-refractivity contribution >= 4 is 22.8 Å². The Morgan fingerprint density at radius 3 is 2.95 bits per heavy atom. The second-order valence-corrected chi connectivity index (χ2v) is 5.10. The van der Waals surface area contributed by atoms with Gasteiger partial charge in [0, 0.05) is 17.4 Å². The van der Waals surface area contributed by atoms with Crippen molar-refractivity contribution in [1.82, 2.24) is 9.88 Å². The Hall–Kier alpha value is -2.34. The Morgan fingerprint density at radius 1 is 1.38 bits per heavy atom. The summed E-state index contributed by atoms with van der Waals surface area (Å²) >= 11 is 0. The van der Waals surface area contributed by atoms with Crippen molar-refractivity contribution in [3.63, 3.8) is 0 Å². The Balaban J connectivity index is 1.86. The van der Waals surface area contributed by atoms with E-state index >= 15 is 0 Å². The van der Waals surface area contributed by atoms with Crippen molar-refractivity contribution in [3.05, 3.63) is 36.0 Å². The highest BCUT2D eigenvalue weighted by Crippen LogP contribution is 2.19. The molecule has 0 bridgehead atoms. The van der Waals surface area contributed by atoms with E-state index in [1.54, 1.807) is 11.0 Å². The lowest BCUT2D eigenvalue weighted by Crippen LogP contribution is -2.49. The maximum Gasteiger partial charge on any atom is 0.305 e. The number of hydrogen-bond acceptors (Lipinski definition) is 3. The van der Waals surface area contributed by atoms with Gasteiger partial charge >= 0.3 is 5.97 Å². The third-order valence-corrected chi connectivity index (χ3v) is 3.66. The number of ether oxygens (including phenoxy) is 1. The fraction of sp³-hybridized carbons (Fsp3) is 0.333. The summed E-state index contributed by atoms with van der Waals surface area (Å²) in [7, 11) is 0. The lowest BCUT2D eigenvalue weighted by atomic mass is 10.1. The number of para-hydroxylation sites is 1. The first kappa shape index (κ1) is 13.6. The number of fused-ring (bicyclic) bond motifs is 1. The minimum atomic E-state index is -0.931. The van der Waals surface area contributed by atoms with E-state index in [0.29, 0.717) is 18.8 Å². The van der Waals surface area contributed by atoms with E-state index in [1.807, 2.05) is 24.3 Å². The van der Waals surface area contributed by atoms with E-state index < -0.39 is 12.0 Å². The Morgan fingerprint density at radius 2 is 2.19 bits per heavy atom. The molecule has 0 saturated carbocycles. The number of aromatic amines is 1. The first-order valence-corrected chi connectivity index (χ1v) is 6.83. The number of carboxylic acid groups (broad SMARTS) is 1. The van der Waals surface area contributed by atoms with Crippen LogP contribution in [0, 0.1) is 0 Å². The molecular weight excluding hydrogens is 272 g/mol. The number of morpholine rings is 1. The monoisotopic (exact) mass is 288 g/mol. The number of rotatable bonds is 3. The molecule has 110 valence electrons. The molecule has 2 aromatic rings. The highest BCUT2D eigenvalue weighted by molar-refractivity contribution is 5.98. The zero-order valence-corrected chi connectivity index (χ0v) is 11.4. The minimum absolute atomic E-state index is 0.105. The fourth-order valence-corrected chi connectivity index (χ4v) is 2.64. The van der Waals surface area contributed by atoms with Crippen LogP contribution in [0.2, 0.25) is 0 Å². The number of nitrogens with one attached hydrogen (secondary N) is 1. The average Bonchev–Trinajstić information content (AvgIpc) is 2.90. The number of carbonyl (C=O) groups excluding carboxylic acids is 1. The maximum absolute atomic E-state index is 12.6. The van der Waals surface area contributed by atoms with Crippen LogP contribution in [-0.4, -0.2) is 52.7 Å². The molecule has 1 aromatic heterocycles. The molecule has 6 nitrogen and oxygen atoms in total. The van der Waals surface area contributed by atoms with Crippen LogP contribution in [0.5, 0.6) is 0 Å². The molecule has 2 heterocycles. The smallest absolute Gasteiger partial charge is 0.305 e. The van der Waals surface area contributed by atoms with Gasteiger partial charge in [-0.2, -0.15) is 0 Å². The normalized spacial score (nSPS) is 18.9. The molecule has 2 N–H and O–H groups in total. The molecule has 1 fully saturated rings. The van der Waals surface area contributed by atoms with Crippen molar-refractivity contribution in [2.24, 2.45) is 0 Å². The lowest BCUT2D eigenvalue weighted by molar-refractivity contribution is -0.139. The zero-order chi connectivity index (χ0) is 14.8. The second kappa shape index (κ2) is 5.57. The van der Waals surface area contributed by atoms with Gasteiger partial charge in [0.1, 0.15) is 5.69 Å². The van der Waals surface area contributed by atoms with Gasteiger partial charge in [-0.15, -0.1) is 0 Å². The molecular formula is C15H16N2O4. The van der Waals surface area contributed by atoms with Gasteiger partial charge in [-0.3, -0.25) is 9.59 Å². The number of aromatic nitrogens is 1. The van der Waals surface area contributed by atoms with Crippen LogP contribution in [0.3, 0.4) is 0 Å². The van der Waals surface area contributed by atoms with Crippen LogP contribution in [0.4, 0.5) is 0 Å². The highest BCUT2D eigenvalue weighted by atomic mass is 16.5. The molecule has 3 rings (SSSR count). The van der Waals surface area contributed by atoms with Crippen LogP contribution < -0.4 is 0 Å². The molecule has 0 spiro atoms. The van der Waals surface area contributed by atoms with Crippen LogP contribution in [0.15, 0.2) is 30.3 Å². The van der Waals surface area contributed by atoms with Crippen LogP contribution in [0.1, 0.15) is 16.9 Å². The van der Waals surface area contributed by atoms with Crippen LogP contribution in [0.25, 0.3) is 10.9 Å². The van der Waals surface area contributed by atoms with Crippen molar-refractivity contribution in [3.8, 4) is 0 Å². The number of aliphatic carboxylic acids is 1. The number of nitrogens with zero attached hydrogens (tertiary/aromatic N) is 1. The molecule has 1 amide bonds. The van der Waals surface area contributed by atoms with E-state index in [4.69, 9.17) is 9.84 Å². The molecule has 1 saturated heterocycles. The van der Waals surface area contributed by atoms with E-state index in [9.17, 15) is 9.59 Å². The van der Waals surface area contributed by atoms with Crippen molar-refractivity contribution in [1.29, 1.82) is 0 Å². The third kappa shape index (κ3) is 2.75. The highest BCUT2D eigenvalue weighted by Gasteiger charge is 2.30. The largest absolute Gasteiger partial charge is 0.481 e. The first-order valence-electron chi connectivity index (χ1n) is 6.83. The summed E-state index contributed by atoms with van der Waals surface area (Å²) in [5.41, 5.74) is 1.37. The summed E-state index contributed by atoms with van der Waals surface area (Å²) < 4.78 is 5.29. The lowest BCUT2D eigenvalue weighted by Gasteiger charge is -2.34. The van der Waals surface area contributed by atoms with Crippen molar-refractivity contribution in [2.45, 2.75) is 12.5 Å². The Bertz CT molecular complexity index is 646. The number of H-pyrrole nitrogens is 1. The minimum Gasteiger partial charge on any atom is -0.481 e. The standard InChI is InChI=1S/C15H16N2O4/c18-14(19)8-11-9-21-6-5-17(11)15(20)13-7-10-3-1-2-4-12(10)16-13/h1-4,7,11,16H,5-6,8-9H2,(H,18,19). The molecule has 1 unspecified atom stereocenters. The Labute approximate surface area is 121 Å². The van der Waals surface area contributed by atoms with Gasteiger partial charge in [-0.05, 0) is 12.1 Å². The molecule has 0 radical (unpaired) electrons. The topological polar surface area (TPSA) is 82.6 Å². The van der Waals surface area contributed by atoms with Gasteiger partial charge in [0.15, 0.2) is 0 Å². The van der Waals surface area contributed by atoms with Crippen molar-refractivity contribution < 1.29 is 19.4 Å². The number of hydrogen-bond donors (Lipinski definition) is 2. The van der Waals surface area contributed by atoms with E-state index in [0.717, 1.165) is 10.9 Å². The quantitative estimate of drug-likeness (QED) is 0.896. The molecule has 1 aromatic carbocycles. The second-order valence-electron chi connectivity index (χ2n) is 5.10. The van der Waals surface area contributed by atoms with Gasteiger partial charge in [0.05, 0.1) is 25.7 Å². The summed E-state index contributed by atoms with van der Waals surface area (Å²) in [4.78, 5) is 28.2. The van der Waals surface area contributed by atoms with Gasteiger partial charge in [-0.1, -0.05) is 18.2 Å². The van der Waals surface area contributed by atoms with E-state index in [2.05, 4.69) is 4.98 Å². The molecule has 21 heavy (non-hydrogen) atoms. The van der Waals surface area contributed by atoms with Gasteiger partial charge in [0.2, 0.25) is 0 Å². The zero-order valence-electron chi connectivity index (χ0n) is 11.4. The molecule has 0 aliphatic carbocycles. The maximum atomic E-state index is 12.6. The third-order valence-electron chi connectivity index (χ3n) is 3.66. The van der Waals surface area contributed by atoms with E-state index in [-0.39, 0.29) is 18.9 Å². The van der Waals surface area contributed by atoms with Gasteiger partial charge in [0.25, 0.3) is 5.91 Å². The van der Waals surface area contributed by atoms with Crippen LogP contribution >= 0.6 is 0 Å². The molecule has 1 atom stereocenters. The van der Waals surface area contributed by atoms with Gasteiger partial charge in [-0.25, -0.2) is 0 Å². The van der Waals surface area contributed by atoms with Crippen molar-refractivity contribution in [2.75, 3.05) is 19.8 Å². The molecule has 6 heteroatoms. The molecule has 1 aliphatic heterocycles. The summed E-state index contributed by atoms with van der Waals surface area (Å²) in [6.45, 7) is 1.10. The predicted octanol–water partition coefficient (Wildman–Crippen LogP) is 1.48. The fourth-order valence-electron chi connectivity index (χ4n) is 2.64. The average molecular weight is 288 g/mol. The molecule has 1 aliphatic rings. The first-order chi connectivity index (χ1) is 10.1. The number of carbonyl (C=O) groups is 2. The van der Waals surface area contributed by atoms with E-state index in [1.165, 1.54) is 0 Å². The predicted molar refractivity (Wildman–Crippen MR) is 76.2 cm³/mol.